The Kier molecular flexibility index (Phi) is 3.56. The van der Waals surface area contributed by atoms with Gasteiger partial charge in [0.1, 0.15) is 0 Å². The molecule has 0 spiro atoms. The fourth-order valence-electron chi connectivity index (χ4n) is 1.60. The molecule has 1 aliphatic rings. The molecule has 1 aromatic carbocycles. The van der Waals surface area contributed by atoms with Gasteiger partial charge in [-0.2, -0.15) is 13.2 Å². The number of hydrogen-bond acceptors (Lipinski definition) is 2. The number of carbonyl (C=O) groups is 1. The molecule has 1 heterocycles. The molecule has 0 saturated carbocycles. The van der Waals surface area contributed by atoms with E-state index in [9.17, 15) is 18.0 Å². The zero-order valence-electron chi connectivity index (χ0n) is 9.46. The largest absolute Gasteiger partial charge is 0.471 e. The van der Waals surface area contributed by atoms with Crippen molar-refractivity contribution in [1.82, 2.24) is 0 Å². The number of nitrogens with one attached hydrogen (secondary N) is 1. The third kappa shape index (κ3) is 3.46. The highest BCUT2D eigenvalue weighted by Gasteiger charge is 2.38. The second-order valence-electron chi connectivity index (χ2n) is 4.10. The number of carbonyl (C=O) groups excluding carboxylic acids is 1. The maximum absolute atomic E-state index is 12.2. The first kappa shape index (κ1) is 12.9. The quantitative estimate of drug-likeness (QED) is 0.844. The summed E-state index contributed by atoms with van der Waals surface area (Å²) in [6.07, 6.45) is -3.33. The highest BCUT2D eigenvalue weighted by Crippen LogP contribution is 2.24. The average molecular weight is 259 g/mol. The summed E-state index contributed by atoms with van der Waals surface area (Å²) in [5, 5.41) is 1.89. The van der Waals surface area contributed by atoms with Crippen LogP contribution in [0.1, 0.15) is 12.0 Å². The Hall–Kier alpha value is -1.56. The maximum Gasteiger partial charge on any atom is 0.471 e. The molecule has 1 aliphatic heterocycles. The summed E-state index contributed by atoms with van der Waals surface area (Å²) in [4.78, 5) is 10.9. The van der Waals surface area contributed by atoms with E-state index in [1.54, 1.807) is 18.2 Å². The van der Waals surface area contributed by atoms with Gasteiger partial charge in [0.25, 0.3) is 0 Å². The number of alkyl halides is 3. The van der Waals surface area contributed by atoms with Crippen molar-refractivity contribution in [3.63, 3.8) is 0 Å². The van der Waals surface area contributed by atoms with Gasteiger partial charge in [0.05, 0.1) is 12.7 Å². The van der Waals surface area contributed by atoms with Crippen LogP contribution in [0.2, 0.25) is 0 Å². The molecule has 0 radical (unpaired) electrons. The van der Waals surface area contributed by atoms with E-state index in [2.05, 4.69) is 0 Å². The standard InChI is InChI=1S/C12H12F3NO2/c13-12(14,15)11(17)16-10-4-2-1-3-8(10)5-6-9-7-18-9/h1-4,9H,5-7H2,(H,16,17)/t9-/m1/s1. The topological polar surface area (TPSA) is 41.6 Å². The Balaban J connectivity index is 2.04. The number of halogens is 3. The molecule has 2 rings (SSSR count). The number of rotatable bonds is 4. The Bertz CT molecular complexity index is 441. The number of aryl methyl sites for hydroxylation is 1. The van der Waals surface area contributed by atoms with Gasteiger partial charge in [-0.15, -0.1) is 0 Å². The third-order valence-electron chi connectivity index (χ3n) is 2.66. The molecule has 3 nitrogen and oxygen atoms in total. The van der Waals surface area contributed by atoms with Crippen LogP contribution in [0.4, 0.5) is 18.9 Å². The van der Waals surface area contributed by atoms with E-state index in [1.165, 1.54) is 6.07 Å². The molecule has 1 aromatic rings. The lowest BCUT2D eigenvalue weighted by Crippen LogP contribution is -2.30. The average Bonchev–Trinajstić information content (AvgIpc) is 3.10. The van der Waals surface area contributed by atoms with Crippen LogP contribution in [0.15, 0.2) is 24.3 Å². The minimum absolute atomic E-state index is 0.205. The van der Waals surface area contributed by atoms with Crippen molar-refractivity contribution in [2.45, 2.75) is 25.1 Å². The Morgan fingerprint density at radius 2 is 2.06 bits per heavy atom. The summed E-state index contributed by atoms with van der Waals surface area (Å²) < 4.78 is 41.5. The fraction of sp³-hybridized carbons (Fsp3) is 0.417. The number of epoxide rings is 1. The Morgan fingerprint density at radius 1 is 1.39 bits per heavy atom. The molecule has 1 N–H and O–H groups in total. The molecule has 0 unspecified atom stereocenters. The van der Waals surface area contributed by atoms with Crippen LogP contribution in [0.3, 0.4) is 0 Å². The summed E-state index contributed by atoms with van der Waals surface area (Å²) in [7, 11) is 0. The number of benzene rings is 1. The van der Waals surface area contributed by atoms with Crippen LogP contribution < -0.4 is 5.32 Å². The van der Waals surface area contributed by atoms with E-state index in [0.29, 0.717) is 18.6 Å². The van der Waals surface area contributed by atoms with Crippen molar-refractivity contribution in [2.24, 2.45) is 0 Å². The van der Waals surface area contributed by atoms with Gasteiger partial charge in [0.2, 0.25) is 0 Å². The van der Waals surface area contributed by atoms with Crippen molar-refractivity contribution in [3.05, 3.63) is 29.8 Å². The van der Waals surface area contributed by atoms with Gasteiger partial charge in [-0.05, 0) is 24.5 Å². The predicted octanol–water partition coefficient (Wildman–Crippen LogP) is 2.52. The first-order valence-corrected chi connectivity index (χ1v) is 5.54. The molecule has 1 amide bonds. The fourth-order valence-corrected chi connectivity index (χ4v) is 1.60. The molecule has 98 valence electrons. The van der Waals surface area contributed by atoms with Crippen LogP contribution >= 0.6 is 0 Å². The first-order chi connectivity index (χ1) is 8.47. The van der Waals surface area contributed by atoms with Crippen molar-refractivity contribution in [3.8, 4) is 0 Å². The number of ether oxygens (including phenoxy) is 1. The molecule has 1 fully saturated rings. The number of anilines is 1. The van der Waals surface area contributed by atoms with E-state index in [0.717, 1.165) is 6.42 Å². The summed E-state index contributed by atoms with van der Waals surface area (Å²) in [6.45, 7) is 0.705. The van der Waals surface area contributed by atoms with Crippen molar-refractivity contribution >= 4 is 11.6 Å². The van der Waals surface area contributed by atoms with Crippen molar-refractivity contribution in [2.75, 3.05) is 11.9 Å². The maximum atomic E-state index is 12.2. The summed E-state index contributed by atoms with van der Waals surface area (Å²) in [5.41, 5.74) is 0.895. The SMILES string of the molecule is O=C(Nc1ccccc1CC[C@@H]1CO1)C(F)(F)F. The molecule has 1 atom stereocenters. The van der Waals surface area contributed by atoms with Gasteiger partial charge < -0.3 is 10.1 Å². The zero-order chi connectivity index (χ0) is 13.2. The summed E-state index contributed by atoms with van der Waals surface area (Å²) in [5.74, 6) is -1.95. The summed E-state index contributed by atoms with van der Waals surface area (Å²) >= 11 is 0. The lowest BCUT2D eigenvalue weighted by molar-refractivity contribution is -0.167. The smallest absolute Gasteiger partial charge is 0.373 e. The van der Waals surface area contributed by atoms with Crippen molar-refractivity contribution < 1.29 is 22.7 Å². The normalized spacial score (nSPS) is 18.5. The predicted molar refractivity (Wildman–Crippen MR) is 59.2 cm³/mol. The molecule has 0 aliphatic carbocycles. The second kappa shape index (κ2) is 4.97. The summed E-state index contributed by atoms with van der Waals surface area (Å²) in [6, 6.07) is 6.48. The van der Waals surface area contributed by atoms with Gasteiger partial charge in [-0.3, -0.25) is 4.79 Å². The highest BCUT2D eigenvalue weighted by molar-refractivity contribution is 5.95. The Labute approximate surface area is 102 Å². The van der Waals surface area contributed by atoms with Crippen LogP contribution in [0.5, 0.6) is 0 Å². The molecule has 6 heteroatoms. The zero-order valence-corrected chi connectivity index (χ0v) is 9.46. The Morgan fingerprint density at radius 3 is 2.67 bits per heavy atom. The minimum atomic E-state index is -4.87. The van der Waals surface area contributed by atoms with Gasteiger partial charge >= 0.3 is 12.1 Å². The van der Waals surface area contributed by atoms with Gasteiger partial charge in [0, 0.05) is 5.69 Å². The van der Waals surface area contributed by atoms with E-state index < -0.39 is 12.1 Å². The molecule has 0 bridgehead atoms. The number of amides is 1. The second-order valence-corrected chi connectivity index (χ2v) is 4.10. The van der Waals surface area contributed by atoms with E-state index in [4.69, 9.17) is 4.74 Å². The molecule has 1 saturated heterocycles. The lowest BCUT2D eigenvalue weighted by Gasteiger charge is -2.12. The van der Waals surface area contributed by atoms with Crippen LogP contribution in [-0.4, -0.2) is 24.8 Å². The third-order valence-corrected chi connectivity index (χ3v) is 2.66. The van der Waals surface area contributed by atoms with Gasteiger partial charge in [0.15, 0.2) is 0 Å². The van der Waals surface area contributed by atoms with Crippen LogP contribution in [0.25, 0.3) is 0 Å². The number of para-hydroxylation sites is 1. The van der Waals surface area contributed by atoms with Crippen LogP contribution in [0, 0.1) is 0 Å². The van der Waals surface area contributed by atoms with E-state index in [-0.39, 0.29) is 11.8 Å². The molecule has 0 aromatic heterocycles. The molecular formula is C12H12F3NO2. The lowest BCUT2D eigenvalue weighted by atomic mass is 10.1. The van der Waals surface area contributed by atoms with E-state index in [1.807, 2.05) is 5.32 Å². The molecule has 18 heavy (non-hydrogen) atoms. The first-order valence-electron chi connectivity index (χ1n) is 5.54. The minimum Gasteiger partial charge on any atom is -0.373 e. The van der Waals surface area contributed by atoms with Crippen LogP contribution in [-0.2, 0) is 16.0 Å². The number of hydrogen-bond donors (Lipinski definition) is 1. The van der Waals surface area contributed by atoms with E-state index >= 15 is 0 Å². The van der Waals surface area contributed by atoms with Gasteiger partial charge in [-0.1, -0.05) is 18.2 Å². The molecular weight excluding hydrogens is 247 g/mol. The van der Waals surface area contributed by atoms with Gasteiger partial charge in [-0.25, -0.2) is 0 Å². The monoisotopic (exact) mass is 259 g/mol. The van der Waals surface area contributed by atoms with Crippen molar-refractivity contribution in [1.29, 1.82) is 0 Å². The highest BCUT2D eigenvalue weighted by atomic mass is 19.4.